The normalized spacial score (nSPS) is 24.2. The fourth-order valence-corrected chi connectivity index (χ4v) is 7.68. The molecule has 0 aromatic heterocycles. The quantitative estimate of drug-likeness (QED) is 0.148. The van der Waals surface area contributed by atoms with Crippen LogP contribution in [0.25, 0.3) is 0 Å². The van der Waals surface area contributed by atoms with Crippen molar-refractivity contribution in [2.24, 2.45) is 11.3 Å². The Morgan fingerprint density at radius 3 is 1.89 bits per heavy atom. The van der Waals surface area contributed by atoms with Crippen LogP contribution in [0.1, 0.15) is 52.2 Å². The molecule has 1 aliphatic rings. The summed E-state index contributed by atoms with van der Waals surface area (Å²) in [5.41, 5.74) is -2.49. The number of carbonyl (C=O) groups is 2. The van der Waals surface area contributed by atoms with Crippen LogP contribution in [0.15, 0.2) is 93.9 Å². The summed E-state index contributed by atoms with van der Waals surface area (Å²) in [7, 11) is 0. The first-order valence-corrected chi connectivity index (χ1v) is 17.2. The van der Waals surface area contributed by atoms with E-state index in [9.17, 15) is 20.0 Å². The minimum absolute atomic E-state index is 0.0350. The van der Waals surface area contributed by atoms with E-state index in [0.717, 1.165) is 8.95 Å². The van der Waals surface area contributed by atoms with Gasteiger partial charge >= 0.3 is 5.97 Å². The zero-order chi connectivity index (χ0) is 33.4. The molecule has 0 heterocycles. The summed E-state index contributed by atoms with van der Waals surface area (Å²) in [6.45, 7) is 1.60. The van der Waals surface area contributed by atoms with Crippen LogP contribution in [0.4, 0.5) is 0 Å². The van der Waals surface area contributed by atoms with Gasteiger partial charge in [-0.05, 0) is 78.6 Å². The highest BCUT2D eigenvalue weighted by Crippen LogP contribution is 2.64. The van der Waals surface area contributed by atoms with E-state index in [0.29, 0.717) is 16.7 Å². The van der Waals surface area contributed by atoms with Gasteiger partial charge in [0.1, 0.15) is 5.60 Å². The van der Waals surface area contributed by atoms with Gasteiger partial charge in [0.25, 0.3) is 0 Å². The van der Waals surface area contributed by atoms with E-state index in [1.165, 1.54) is 12.1 Å². The van der Waals surface area contributed by atoms with Crippen molar-refractivity contribution in [2.45, 2.75) is 30.8 Å². The van der Waals surface area contributed by atoms with Crippen LogP contribution in [-0.2, 0) is 15.1 Å². The number of aliphatic hydroxyl groups is 1. The van der Waals surface area contributed by atoms with Gasteiger partial charge in [-0.25, -0.2) is 0 Å². The number of halogens is 6. The van der Waals surface area contributed by atoms with Crippen LogP contribution in [0.2, 0.25) is 20.1 Å². The maximum atomic E-state index is 14.9. The van der Waals surface area contributed by atoms with Crippen LogP contribution in [0, 0.1) is 22.7 Å². The van der Waals surface area contributed by atoms with E-state index < -0.39 is 40.5 Å². The molecule has 0 bridgehead atoms. The summed E-state index contributed by atoms with van der Waals surface area (Å²) in [4.78, 5) is 29.3. The average Bonchev–Trinajstić information content (AvgIpc) is 3.03. The molecule has 5 rings (SSSR count). The van der Waals surface area contributed by atoms with Crippen LogP contribution >= 0.6 is 78.3 Å². The third-order valence-electron chi connectivity index (χ3n) is 8.61. The number of hydrogen-bond donors (Lipinski definition) is 1. The molecule has 0 saturated heterocycles. The summed E-state index contributed by atoms with van der Waals surface area (Å²) >= 11 is 32.5. The lowest BCUT2D eigenvalue weighted by atomic mass is 9.47. The van der Waals surface area contributed by atoms with Crippen molar-refractivity contribution in [3.63, 3.8) is 0 Å². The van der Waals surface area contributed by atoms with Crippen molar-refractivity contribution in [3.05, 3.63) is 136 Å². The first-order valence-electron chi connectivity index (χ1n) is 14.1. The maximum Gasteiger partial charge on any atom is 0.327 e. The van der Waals surface area contributed by atoms with Crippen LogP contribution in [0.5, 0.6) is 0 Å². The van der Waals surface area contributed by atoms with Gasteiger partial charge in [-0.2, -0.15) is 5.26 Å². The molecule has 1 aliphatic carbocycles. The maximum absolute atomic E-state index is 14.9. The minimum Gasteiger partial charge on any atom is -0.465 e. The van der Waals surface area contributed by atoms with Crippen molar-refractivity contribution < 1.29 is 19.4 Å². The second-order valence-corrected chi connectivity index (χ2v) is 14.5. The van der Waals surface area contributed by atoms with Crippen LogP contribution in [0.3, 0.4) is 0 Å². The number of esters is 1. The molecule has 4 aromatic carbocycles. The molecular weight excluding hydrogens is 800 g/mol. The second kappa shape index (κ2) is 14.0. The van der Waals surface area contributed by atoms with E-state index >= 15 is 0 Å². The number of ether oxygens (including phenoxy) is 1. The molecule has 46 heavy (non-hydrogen) atoms. The SMILES string of the molecule is CCOC(=O)[C@@]1(C#N)[C@@H](c2ccc(Cl)c(Cl)c2)C[C@](O)(c2ccc(Br)cc2)[C@H](C(=O)c2ccc(Br)cc2)[C@@H]1c1ccc(Cl)c(Cl)c1. The van der Waals surface area contributed by atoms with Crippen molar-refractivity contribution in [2.75, 3.05) is 6.61 Å². The van der Waals surface area contributed by atoms with Crippen molar-refractivity contribution in [1.82, 2.24) is 0 Å². The van der Waals surface area contributed by atoms with Crippen LogP contribution in [-0.4, -0.2) is 23.5 Å². The molecule has 5 nitrogen and oxygen atoms in total. The summed E-state index contributed by atoms with van der Waals surface area (Å²) in [6.07, 6.45) is -0.219. The first kappa shape index (κ1) is 34.9. The molecule has 0 radical (unpaired) electrons. The number of nitriles is 1. The lowest BCUT2D eigenvalue weighted by Gasteiger charge is -2.54. The molecule has 0 spiro atoms. The summed E-state index contributed by atoms with van der Waals surface area (Å²) < 4.78 is 7.14. The topological polar surface area (TPSA) is 87.4 Å². The molecule has 1 saturated carbocycles. The third-order valence-corrected chi connectivity index (χ3v) is 11.1. The Morgan fingerprint density at radius 2 is 1.37 bits per heavy atom. The highest BCUT2D eigenvalue weighted by Gasteiger charge is 2.67. The van der Waals surface area contributed by atoms with Gasteiger partial charge < -0.3 is 9.84 Å². The number of carbonyl (C=O) groups excluding carboxylic acids is 2. The molecule has 1 fully saturated rings. The van der Waals surface area contributed by atoms with Gasteiger partial charge in [0.2, 0.25) is 0 Å². The van der Waals surface area contributed by atoms with Gasteiger partial charge in [0.05, 0.1) is 38.7 Å². The second-order valence-electron chi connectivity index (χ2n) is 11.1. The number of rotatable bonds is 7. The zero-order valence-electron chi connectivity index (χ0n) is 24.1. The molecular formula is C35H25Br2Cl4NO4. The smallest absolute Gasteiger partial charge is 0.327 e. The fraction of sp³-hybridized carbons (Fsp3) is 0.229. The predicted octanol–water partition coefficient (Wildman–Crippen LogP) is 10.6. The Hall–Kier alpha value is -2.41. The largest absolute Gasteiger partial charge is 0.465 e. The van der Waals surface area contributed by atoms with E-state index in [-0.39, 0.29) is 38.7 Å². The van der Waals surface area contributed by atoms with Crippen molar-refractivity contribution in [1.29, 1.82) is 5.26 Å². The van der Waals surface area contributed by atoms with E-state index in [4.69, 9.17) is 51.1 Å². The monoisotopic (exact) mass is 821 g/mol. The molecule has 0 aliphatic heterocycles. The average molecular weight is 825 g/mol. The van der Waals surface area contributed by atoms with Gasteiger partial charge in [-0.3, -0.25) is 9.59 Å². The number of ketones is 1. The molecule has 11 heteroatoms. The Bertz CT molecular complexity index is 1850. The molecule has 4 aromatic rings. The van der Waals surface area contributed by atoms with Gasteiger partial charge in [0.15, 0.2) is 11.2 Å². The number of benzene rings is 4. The molecule has 0 unspecified atom stereocenters. The highest BCUT2D eigenvalue weighted by molar-refractivity contribution is 9.10. The van der Waals surface area contributed by atoms with E-state index in [2.05, 4.69) is 37.9 Å². The highest BCUT2D eigenvalue weighted by atomic mass is 79.9. The fourth-order valence-electron chi connectivity index (χ4n) is 6.54. The summed E-state index contributed by atoms with van der Waals surface area (Å²) in [5.74, 6) is -5.03. The number of nitrogens with zero attached hydrogens (tertiary/aromatic N) is 1. The molecule has 5 atom stereocenters. The lowest BCUT2D eigenvalue weighted by Crippen LogP contribution is -2.59. The summed E-state index contributed by atoms with van der Waals surface area (Å²) in [6, 6.07) is 25.4. The van der Waals surface area contributed by atoms with Gasteiger partial charge in [-0.15, -0.1) is 0 Å². The Balaban J connectivity index is 1.93. The number of hydrogen-bond acceptors (Lipinski definition) is 5. The van der Waals surface area contributed by atoms with Gasteiger partial charge in [-0.1, -0.05) is 115 Å². The lowest BCUT2D eigenvalue weighted by molar-refractivity contribution is -0.164. The molecule has 0 amide bonds. The van der Waals surface area contributed by atoms with Crippen molar-refractivity contribution in [3.8, 4) is 6.07 Å². The Kier molecular flexibility index (Phi) is 10.6. The zero-order valence-corrected chi connectivity index (χ0v) is 30.3. The number of Topliss-reactive ketones (excluding diaryl/α,β-unsaturated/α-hetero) is 1. The van der Waals surface area contributed by atoms with Crippen molar-refractivity contribution >= 4 is 90.0 Å². The minimum atomic E-state index is -2.05. The first-order chi connectivity index (χ1) is 21.9. The summed E-state index contributed by atoms with van der Waals surface area (Å²) in [5, 5.41) is 25.2. The standard InChI is InChI=1S/C35H25Br2Cl4NO4/c1-2-46-33(44)34(18-42)25(20-5-13-26(38)28(40)15-20)17-35(45,22-7-11-24(37)12-8-22)31(32(43)19-3-9-23(36)10-4-19)30(34)21-6-14-27(39)29(41)16-21/h3-16,25,30-31,45H,2,17H2,1H3/t25-,30+,31+,34+,35+/m1/s1. The molecule has 236 valence electrons. The van der Waals surface area contributed by atoms with Crippen LogP contribution < -0.4 is 0 Å². The van der Waals surface area contributed by atoms with E-state index in [1.54, 1.807) is 79.7 Å². The predicted molar refractivity (Wildman–Crippen MR) is 188 cm³/mol. The van der Waals surface area contributed by atoms with E-state index in [1.807, 2.05) is 0 Å². The van der Waals surface area contributed by atoms with Gasteiger partial charge in [0, 0.05) is 26.3 Å². The Morgan fingerprint density at radius 1 is 0.848 bits per heavy atom. The molecule has 1 N–H and O–H groups in total. The third kappa shape index (κ3) is 6.26. The Labute approximate surface area is 303 Å².